The quantitative estimate of drug-likeness (QED) is 0.233. The minimum Gasteiger partial charge on any atom is -0.543 e. The van der Waals surface area contributed by atoms with Gasteiger partial charge in [0.2, 0.25) is 0 Å². The Morgan fingerprint density at radius 1 is 1.32 bits per heavy atom. The highest BCUT2D eigenvalue weighted by atomic mass is 32.2. The molecule has 34 heavy (non-hydrogen) atoms. The van der Waals surface area contributed by atoms with E-state index in [1.807, 2.05) is 18.2 Å². The number of amides is 2. The number of nitrogens with one attached hydrogen (secondary N) is 1. The third-order valence-electron chi connectivity index (χ3n) is 5.20. The topological polar surface area (TPSA) is 170 Å². The molecule has 176 valence electrons. The standard InChI is InChI=1S/C21H19N5O6S2/c22-21-23-13(10-34-21)12(4-5-14(27)28)17(29)24-15-18(30)26-16(20(31)32)11(9-33-19(15)26)8-25-6-2-1-3-7-25/h1-4,6-7,10,15,19H,5,8-9H2,(H4-,22,23,24,27,28,29,31,32)/t15-,19-/m1/s1. The second-order valence-corrected chi connectivity index (χ2v) is 9.43. The van der Waals surface area contributed by atoms with Crippen LogP contribution in [0.4, 0.5) is 5.13 Å². The molecule has 2 amide bonds. The van der Waals surface area contributed by atoms with Crippen LogP contribution in [0.25, 0.3) is 5.57 Å². The third-order valence-corrected chi connectivity index (χ3v) is 7.21. The lowest BCUT2D eigenvalue weighted by molar-refractivity contribution is -0.689. The van der Waals surface area contributed by atoms with Crippen molar-refractivity contribution >= 4 is 57.6 Å². The molecule has 0 bridgehead atoms. The van der Waals surface area contributed by atoms with Crippen LogP contribution in [0.1, 0.15) is 12.1 Å². The number of thiazole rings is 1. The van der Waals surface area contributed by atoms with Crippen LogP contribution in [0.15, 0.2) is 53.3 Å². The molecule has 2 aromatic heterocycles. The molecule has 1 saturated heterocycles. The monoisotopic (exact) mass is 501 g/mol. The number of hydrogen-bond donors (Lipinski definition) is 3. The second-order valence-electron chi connectivity index (χ2n) is 7.44. The van der Waals surface area contributed by atoms with Crippen molar-refractivity contribution in [1.82, 2.24) is 15.2 Å². The van der Waals surface area contributed by atoms with Crippen molar-refractivity contribution in [3.05, 3.63) is 59.0 Å². The number of pyridine rings is 1. The molecule has 0 spiro atoms. The summed E-state index contributed by atoms with van der Waals surface area (Å²) in [5.74, 6) is -3.56. The number of hydrogen-bond acceptors (Lipinski definition) is 9. The van der Waals surface area contributed by atoms with E-state index >= 15 is 0 Å². The van der Waals surface area contributed by atoms with Crippen molar-refractivity contribution in [2.75, 3.05) is 11.5 Å². The van der Waals surface area contributed by atoms with Crippen molar-refractivity contribution in [2.24, 2.45) is 0 Å². The number of carbonyl (C=O) groups is 4. The van der Waals surface area contributed by atoms with Crippen molar-refractivity contribution in [2.45, 2.75) is 24.4 Å². The predicted octanol–water partition coefficient (Wildman–Crippen LogP) is -1.02. The van der Waals surface area contributed by atoms with E-state index in [0.29, 0.717) is 11.3 Å². The third kappa shape index (κ3) is 4.65. The summed E-state index contributed by atoms with van der Waals surface area (Å²) in [4.78, 5) is 53.9. The summed E-state index contributed by atoms with van der Waals surface area (Å²) >= 11 is 2.41. The molecule has 0 saturated carbocycles. The normalized spacial score (nSPS) is 19.9. The first-order valence-corrected chi connectivity index (χ1v) is 12.0. The highest BCUT2D eigenvalue weighted by Crippen LogP contribution is 2.40. The zero-order chi connectivity index (χ0) is 24.4. The van der Waals surface area contributed by atoms with E-state index in [9.17, 15) is 24.3 Å². The van der Waals surface area contributed by atoms with E-state index in [4.69, 9.17) is 10.8 Å². The lowest BCUT2D eigenvalue weighted by Gasteiger charge is -2.50. The number of aromatic nitrogens is 2. The van der Waals surface area contributed by atoms with Gasteiger partial charge in [-0.3, -0.25) is 19.3 Å². The number of carboxylic acid groups (broad SMARTS) is 2. The van der Waals surface area contributed by atoms with Gasteiger partial charge in [0, 0.05) is 28.8 Å². The number of carbonyl (C=O) groups excluding carboxylic acids is 3. The first kappa shape index (κ1) is 23.4. The molecule has 13 heteroatoms. The van der Waals surface area contributed by atoms with Crippen LogP contribution in [-0.2, 0) is 25.7 Å². The number of aliphatic carboxylic acids is 2. The van der Waals surface area contributed by atoms with Gasteiger partial charge >= 0.3 is 5.97 Å². The Bertz CT molecular complexity index is 1230. The first-order chi connectivity index (χ1) is 16.3. The second kappa shape index (κ2) is 9.65. The fourth-order valence-electron chi connectivity index (χ4n) is 3.69. The van der Waals surface area contributed by atoms with Gasteiger partial charge in [0.25, 0.3) is 11.8 Å². The average Bonchev–Trinajstić information content (AvgIpc) is 3.23. The van der Waals surface area contributed by atoms with Crippen LogP contribution in [0.2, 0.25) is 0 Å². The van der Waals surface area contributed by atoms with Crippen molar-refractivity contribution < 1.29 is 34.0 Å². The highest BCUT2D eigenvalue weighted by Gasteiger charge is 2.53. The molecule has 2 atom stereocenters. The summed E-state index contributed by atoms with van der Waals surface area (Å²) in [6.07, 6.45) is 4.34. The molecule has 0 aromatic carbocycles. The largest absolute Gasteiger partial charge is 0.543 e. The summed E-state index contributed by atoms with van der Waals surface area (Å²) in [6.45, 7) is 0.276. The van der Waals surface area contributed by atoms with Crippen molar-refractivity contribution in [1.29, 1.82) is 0 Å². The van der Waals surface area contributed by atoms with E-state index < -0.39 is 41.6 Å². The van der Waals surface area contributed by atoms with E-state index in [1.54, 1.807) is 17.0 Å². The number of thioether (sulfide) groups is 1. The zero-order valence-electron chi connectivity index (χ0n) is 17.5. The fourth-order valence-corrected chi connectivity index (χ4v) is 5.58. The Morgan fingerprint density at radius 2 is 2.06 bits per heavy atom. The summed E-state index contributed by atoms with van der Waals surface area (Å²) in [6, 6.07) is 4.47. The first-order valence-electron chi connectivity index (χ1n) is 10.0. The number of nitrogen functional groups attached to an aromatic ring is 1. The molecular formula is C21H19N5O6S2. The number of β-lactam (4-membered cyclic amide) rings is 1. The molecule has 1 fully saturated rings. The molecule has 11 nitrogen and oxygen atoms in total. The smallest absolute Gasteiger partial charge is 0.307 e. The molecular weight excluding hydrogens is 482 g/mol. The Balaban J connectivity index is 1.54. The molecule has 4 N–H and O–H groups in total. The minimum atomic E-state index is -1.46. The van der Waals surface area contributed by atoms with Crippen LogP contribution >= 0.6 is 23.1 Å². The van der Waals surface area contributed by atoms with E-state index in [-0.39, 0.29) is 28.6 Å². The van der Waals surface area contributed by atoms with Gasteiger partial charge in [-0.25, -0.2) is 9.55 Å². The molecule has 2 aliphatic heterocycles. The summed E-state index contributed by atoms with van der Waals surface area (Å²) in [7, 11) is 0. The number of nitrogens with two attached hydrogens (primary N) is 1. The lowest BCUT2D eigenvalue weighted by Crippen LogP contribution is -2.71. The van der Waals surface area contributed by atoms with Crippen LogP contribution in [-0.4, -0.2) is 55.9 Å². The van der Waals surface area contributed by atoms with Crippen LogP contribution in [0.3, 0.4) is 0 Å². The van der Waals surface area contributed by atoms with Gasteiger partial charge in [0.1, 0.15) is 11.4 Å². The van der Waals surface area contributed by atoms with Gasteiger partial charge in [0.15, 0.2) is 24.1 Å². The van der Waals surface area contributed by atoms with E-state index in [2.05, 4.69) is 10.3 Å². The Kier molecular flexibility index (Phi) is 6.65. The Hall–Kier alpha value is -3.71. The van der Waals surface area contributed by atoms with Crippen molar-refractivity contribution in [3.63, 3.8) is 0 Å². The Labute approximate surface area is 201 Å². The zero-order valence-corrected chi connectivity index (χ0v) is 19.2. The van der Waals surface area contributed by atoms with Crippen molar-refractivity contribution in [3.8, 4) is 0 Å². The molecule has 0 aliphatic carbocycles. The maximum atomic E-state index is 12.9. The number of carboxylic acids is 2. The van der Waals surface area contributed by atoms with Gasteiger partial charge in [-0.1, -0.05) is 12.1 Å². The predicted molar refractivity (Wildman–Crippen MR) is 120 cm³/mol. The molecule has 0 unspecified atom stereocenters. The van der Waals surface area contributed by atoms with E-state index in [1.165, 1.54) is 23.2 Å². The highest BCUT2D eigenvalue weighted by molar-refractivity contribution is 8.00. The number of rotatable bonds is 8. The number of nitrogens with zero attached hydrogens (tertiary/aromatic N) is 3. The Morgan fingerprint density at radius 3 is 2.68 bits per heavy atom. The molecule has 4 rings (SSSR count). The fraction of sp³-hybridized carbons (Fsp3) is 0.238. The lowest BCUT2D eigenvalue weighted by atomic mass is 10.0. The van der Waals surface area contributed by atoms with Crippen LogP contribution in [0, 0.1) is 0 Å². The number of fused-ring (bicyclic) bond motifs is 1. The minimum absolute atomic E-state index is 0.0285. The van der Waals surface area contributed by atoms with E-state index in [0.717, 1.165) is 16.2 Å². The summed E-state index contributed by atoms with van der Waals surface area (Å²) in [5, 5.41) is 24.6. The summed E-state index contributed by atoms with van der Waals surface area (Å²) in [5.41, 5.74) is 6.13. The molecule has 4 heterocycles. The van der Waals surface area contributed by atoms with Gasteiger partial charge in [-0.15, -0.1) is 23.1 Å². The maximum Gasteiger partial charge on any atom is 0.307 e. The molecule has 2 aromatic rings. The van der Waals surface area contributed by atoms with Gasteiger partial charge in [-0.2, -0.15) is 0 Å². The maximum absolute atomic E-state index is 12.9. The summed E-state index contributed by atoms with van der Waals surface area (Å²) < 4.78 is 1.79. The molecule has 2 aliphatic rings. The van der Waals surface area contributed by atoms with Gasteiger partial charge in [-0.05, 0) is 0 Å². The van der Waals surface area contributed by atoms with Crippen LogP contribution < -0.4 is 20.7 Å². The van der Waals surface area contributed by atoms with Gasteiger partial charge in [0.05, 0.1) is 29.4 Å². The average molecular weight is 502 g/mol. The van der Waals surface area contributed by atoms with Gasteiger partial charge < -0.3 is 26.1 Å². The van der Waals surface area contributed by atoms with Crippen LogP contribution in [0.5, 0.6) is 0 Å². The molecule has 0 radical (unpaired) electrons. The SMILES string of the molecule is Nc1nc(C(=CCC(=O)O)C(=O)N[C@@H]2C(=O)N3C(C(=O)[O-])=C(C[n+]4ccccc4)CS[C@H]23)cs1. The number of anilines is 1.